The smallest absolute Gasteiger partial charge is 0.221 e. The predicted molar refractivity (Wildman–Crippen MR) is 138 cm³/mol. The lowest BCUT2D eigenvalue weighted by Crippen LogP contribution is -2.31. The number of ether oxygens (including phenoxy) is 1. The van der Waals surface area contributed by atoms with Crippen molar-refractivity contribution in [3.8, 4) is 17.2 Å². The number of rotatable bonds is 7. The van der Waals surface area contributed by atoms with Crippen molar-refractivity contribution in [1.82, 2.24) is 9.88 Å². The van der Waals surface area contributed by atoms with Crippen LogP contribution in [0.1, 0.15) is 29.0 Å². The van der Waals surface area contributed by atoms with Gasteiger partial charge in [0, 0.05) is 24.7 Å². The monoisotopic (exact) mass is 466 g/mol. The van der Waals surface area contributed by atoms with Crippen LogP contribution in [-0.4, -0.2) is 43.1 Å². The first-order valence-electron chi connectivity index (χ1n) is 12.0. The molecule has 1 aliphatic heterocycles. The van der Waals surface area contributed by atoms with E-state index in [2.05, 4.69) is 42.1 Å². The largest absolute Gasteiger partial charge is 0.436 e. The van der Waals surface area contributed by atoms with Gasteiger partial charge in [-0.1, -0.05) is 60.7 Å². The lowest BCUT2D eigenvalue weighted by Gasteiger charge is -2.25. The van der Waals surface area contributed by atoms with E-state index in [-0.39, 0.29) is 6.61 Å². The number of oxazole rings is 1. The Morgan fingerprint density at radius 2 is 1.80 bits per heavy atom. The molecule has 1 unspecified atom stereocenters. The summed E-state index contributed by atoms with van der Waals surface area (Å²) >= 11 is 0. The molecule has 6 nitrogen and oxygen atoms in total. The van der Waals surface area contributed by atoms with Crippen LogP contribution in [0.2, 0.25) is 0 Å². The second-order valence-corrected chi connectivity index (χ2v) is 9.32. The summed E-state index contributed by atoms with van der Waals surface area (Å²) in [5, 5.41) is 10.1. The van der Waals surface area contributed by atoms with Crippen molar-refractivity contribution in [2.45, 2.75) is 32.6 Å². The second-order valence-electron chi connectivity index (χ2n) is 9.32. The zero-order chi connectivity index (χ0) is 24.4. The van der Waals surface area contributed by atoms with Gasteiger partial charge >= 0.3 is 0 Å². The van der Waals surface area contributed by atoms with Crippen molar-refractivity contribution in [3.05, 3.63) is 83.2 Å². The fourth-order valence-corrected chi connectivity index (χ4v) is 4.94. The number of benzene rings is 3. The van der Waals surface area contributed by atoms with Crippen molar-refractivity contribution < 1.29 is 9.15 Å². The molecule has 1 aliphatic rings. The van der Waals surface area contributed by atoms with Crippen molar-refractivity contribution in [2.24, 2.45) is 0 Å². The molecule has 178 valence electrons. The molecule has 2 heterocycles. The van der Waals surface area contributed by atoms with Crippen LogP contribution in [0.3, 0.4) is 0 Å². The third-order valence-electron chi connectivity index (χ3n) is 6.83. The highest BCUT2D eigenvalue weighted by Crippen LogP contribution is 2.44. The van der Waals surface area contributed by atoms with Crippen LogP contribution in [0, 0.1) is 18.3 Å². The van der Waals surface area contributed by atoms with Crippen LogP contribution in [0.4, 0.5) is 5.69 Å². The zero-order valence-corrected chi connectivity index (χ0v) is 20.5. The van der Waals surface area contributed by atoms with Gasteiger partial charge in [0.05, 0.1) is 17.9 Å². The van der Waals surface area contributed by atoms with Crippen molar-refractivity contribution in [2.75, 3.05) is 32.1 Å². The molecule has 1 aromatic heterocycles. The van der Waals surface area contributed by atoms with Crippen molar-refractivity contribution >= 4 is 16.8 Å². The van der Waals surface area contributed by atoms with Gasteiger partial charge in [-0.25, -0.2) is 4.98 Å². The Kier molecular flexibility index (Phi) is 6.54. The Bertz CT molecular complexity index is 1360. The number of nitriles is 1. The maximum absolute atomic E-state index is 10.1. The van der Waals surface area contributed by atoms with Crippen LogP contribution in [-0.2, 0) is 18.0 Å². The molecule has 0 aliphatic carbocycles. The van der Waals surface area contributed by atoms with E-state index in [1.165, 1.54) is 0 Å². The Balaban J connectivity index is 1.60. The summed E-state index contributed by atoms with van der Waals surface area (Å²) in [6.07, 6.45) is 1.07. The maximum Gasteiger partial charge on any atom is 0.221 e. The van der Waals surface area contributed by atoms with Gasteiger partial charge in [0.25, 0.3) is 0 Å². The molecule has 0 N–H and O–H groups in total. The molecule has 4 aromatic rings. The molecule has 35 heavy (non-hydrogen) atoms. The van der Waals surface area contributed by atoms with E-state index >= 15 is 0 Å². The highest BCUT2D eigenvalue weighted by atomic mass is 16.5. The number of hydrogen-bond donors (Lipinski definition) is 0. The molecule has 0 bridgehead atoms. The fourth-order valence-electron chi connectivity index (χ4n) is 4.94. The van der Waals surface area contributed by atoms with E-state index in [1.54, 1.807) is 0 Å². The summed E-state index contributed by atoms with van der Waals surface area (Å²) in [5.74, 6) is 0.488. The van der Waals surface area contributed by atoms with Crippen LogP contribution in [0.15, 0.2) is 65.1 Å². The van der Waals surface area contributed by atoms with Gasteiger partial charge in [-0.2, -0.15) is 5.26 Å². The molecule has 3 aromatic carbocycles. The average molecular weight is 467 g/mol. The third kappa shape index (κ3) is 4.53. The van der Waals surface area contributed by atoms with Gasteiger partial charge in [-0.05, 0) is 44.1 Å². The van der Waals surface area contributed by atoms with Crippen LogP contribution < -0.4 is 4.90 Å². The topological polar surface area (TPSA) is 65.5 Å². The second kappa shape index (κ2) is 9.91. The number of anilines is 1. The minimum Gasteiger partial charge on any atom is -0.436 e. The average Bonchev–Trinajstić information content (AvgIpc) is 3.52. The van der Waals surface area contributed by atoms with Gasteiger partial charge in [0.1, 0.15) is 18.2 Å². The van der Waals surface area contributed by atoms with Crippen molar-refractivity contribution in [1.29, 1.82) is 5.26 Å². The zero-order valence-electron chi connectivity index (χ0n) is 20.5. The SMILES string of the molecule is Cc1c(-c2ccccc2)c(N2CCC(N(C)C)C2)c2oc(COCc3ccccc3)nc2c1C#N. The first-order valence-corrected chi connectivity index (χ1v) is 12.0. The highest BCUT2D eigenvalue weighted by molar-refractivity contribution is 6.02. The van der Waals surface area contributed by atoms with E-state index < -0.39 is 0 Å². The quantitative estimate of drug-likeness (QED) is 0.357. The summed E-state index contributed by atoms with van der Waals surface area (Å²) in [4.78, 5) is 9.41. The van der Waals surface area contributed by atoms with E-state index in [0.29, 0.717) is 35.2 Å². The summed E-state index contributed by atoms with van der Waals surface area (Å²) in [7, 11) is 4.26. The molecule has 1 fully saturated rings. The predicted octanol–water partition coefficient (Wildman–Crippen LogP) is 5.53. The Morgan fingerprint density at radius 3 is 2.46 bits per heavy atom. The highest BCUT2D eigenvalue weighted by Gasteiger charge is 2.31. The molecular weight excluding hydrogens is 436 g/mol. The number of fused-ring (bicyclic) bond motifs is 1. The van der Waals surface area contributed by atoms with Gasteiger partial charge in [-0.3, -0.25) is 0 Å². The fraction of sp³-hybridized carbons (Fsp3) is 0.310. The maximum atomic E-state index is 10.1. The Hall–Kier alpha value is -3.66. The Morgan fingerprint density at radius 1 is 1.09 bits per heavy atom. The molecule has 1 saturated heterocycles. The lowest BCUT2D eigenvalue weighted by molar-refractivity contribution is 0.0907. The summed E-state index contributed by atoms with van der Waals surface area (Å²) in [6, 6.07) is 23.2. The molecule has 0 amide bonds. The first-order chi connectivity index (χ1) is 17.1. The lowest BCUT2D eigenvalue weighted by atomic mass is 9.93. The minimum atomic E-state index is 0.244. The number of aromatic nitrogens is 1. The standard InChI is InChI=1S/C29H30N4O2/c1-20-24(16-30)27-29(35-25(31-27)19-34-18-21-10-6-4-7-11-21)28(26(20)22-12-8-5-9-13-22)33-15-14-23(17-33)32(2)3/h4-13,23H,14-15,17-19H2,1-3H3. The normalized spacial score (nSPS) is 15.7. The first kappa shape index (κ1) is 23.1. The third-order valence-corrected chi connectivity index (χ3v) is 6.83. The summed E-state index contributed by atoms with van der Waals surface area (Å²) in [6.45, 7) is 4.55. The van der Waals surface area contributed by atoms with E-state index in [1.807, 2.05) is 55.5 Å². The summed E-state index contributed by atoms with van der Waals surface area (Å²) in [5.41, 5.74) is 7.01. The van der Waals surface area contributed by atoms with Crippen LogP contribution in [0.25, 0.3) is 22.2 Å². The number of likely N-dealkylation sites (N-methyl/N-ethyl adjacent to an activating group) is 1. The molecule has 5 rings (SSSR count). The van der Waals surface area contributed by atoms with Crippen LogP contribution >= 0.6 is 0 Å². The van der Waals surface area contributed by atoms with Gasteiger partial charge in [0.2, 0.25) is 5.89 Å². The number of nitrogens with zero attached hydrogens (tertiary/aromatic N) is 4. The molecule has 6 heteroatoms. The molecule has 0 spiro atoms. The molecule has 0 radical (unpaired) electrons. The Labute approximate surface area is 206 Å². The number of hydrogen-bond acceptors (Lipinski definition) is 6. The summed E-state index contributed by atoms with van der Waals surface area (Å²) < 4.78 is 12.3. The van der Waals surface area contributed by atoms with Crippen molar-refractivity contribution in [3.63, 3.8) is 0 Å². The van der Waals surface area contributed by atoms with E-state index in [9.17, 15) is 5.26 Å². The molecule has 0 saturated carbocycles. The van der Waals surface area contributed by atoms with Crippen LogP contribution in [0.5, 0.6) is 0 Å². The molecular formula is C29H30N4O2. The van der Waals surface area contributed by atoms with E-state index in [0.717, 1.165) is 47.5 Å². The van der Waals surface area contributed by atoms with E-state index in [4.69, 9.17) is 14.1 Å². The minimum absolute atomic E-state index is 0.244. The van der Waals surface area contributed by atoms with Gasteiger partial charge < -0.3 is 19.0 Å². The van der Waals surface area contributed by atoms with Gasteiger partial charge in [-0.15, -0.1) is 0 Å². The molecule has 1 atom stereocenters. The van der Waals surface area contributed by atoms with Gasteiger partial charge in [0.15, 0.2) is 5.58 Å².